The number of nitrogens with zero attached hydrogens (tertiary/aromatic N) is 2. The van der Waals surface area contributed by atoms with Gasteiger partial charge in [-0.15, -0.1) is 11.8 Å². The van der Waals surface area contributed by atoms with Gasteiger partial charge in [0, 0.05) is 18.7 Å². The molecular formula is C17H20FN5O2S. The fraction of sp³-hybridized carbons (Fsp3) is 0.471. The zero-order valence-corrected chi connectivity index (χ0v) is 15.1. The molecule has 2 aliphatic heterocycles. The summed E-state index contributed by atoms with van der Waals surface area (Å²) in [6.07, 6.45) is 1.27. The number of nitriles is 1. The zero-order chi connectivity index (χ0) is 18.7. The topological polar surface area (TPSA) is 97.3 Å². The van der Waals surface area contributed by atoms with Gasteiger partial charge in [-0.2, -0.15) is 5.26 Å². The highest BCUT2D eigenvalue weighted by Gasteiger charge is 2.37. The first kappa shape index (κ1) is 18.6. The Balaban J connectivity index is 1.57. The molecule has 4 atom stereocenters. The average Bonchev–Trinajstić information content (AvgIpc) is 2.98. The van der Waals surface area contributed by atoms with E-state index in [1.54, 1.807) is 13.1 Å². The molecule has 3 N–H and O–H groups in total. The molecule has 26 heavy (non-hydrogen) atoms. The quantitative estimate of drug-likeness (QED) is 0.707. The van der Waals surface area contributed by atoms with E-state index in [4.69, 9.17) is 0 Å². The fourth-order valence-electron chi connectivity index (χ4n) is 3.05. The van der Waals surface area contributed by atoms with Gasteiger partial charge < -0.3 is 5.32 Å². The molecule has 138 valence electrons. The monoisotopic (exact) mass is 377 g/mol. The van der Waals surface area contributed by atoms with Crippen LogP contribution < -0.4 is 16.1 Å². The minimum Gasteiger partial charge on any atom is -0.330 e. The van der Waals surface area contributed by atoms with Crippen molar-refractivity contribution in [1.29, 1.82) is 5.26 Å². The first-order valence-corrected chi connectivity index (χ1v) is 9.29. The van der Waals surface area contributed by atoms with Crippen molar-refractivity contribution < 1.29 is 14.0 Å². The van der Waals surface area contributed by atoms with Crippen LogP contribution in [0.2, 0.25) is 0 Å². The van der Waals surface area contributed by atoms with Crippen LogP contribution in [-0.4, -0.2) is 46.7 Å². The number of nitrogens with one attached hydrogen (secondary N) is 3. The molecule has 1 aromatic carbocycles. The molecule has 7 nitrogen and oxygen atoms in total. The van der Waals surface area contributed by atoms with E-state index < -0.39 is 17.6 Å². The number of amides is 2. The number of carbonyl (C=O) groups excluding carboxylic acids is 2. The molecule has 2 heterocycles. The number of hydrogen-bond acceptors (Lipinski definition) is 6. The minimum atomic E-state index is -0.483. The van der Waals surface area contributed by atoms with E-state index in [1.807, 2.05) is 6.07 Å². The maximum Gasteiger partial charge on any atom is 0.240 e. The highest BCUT2D eigenvalue weighted by molar-refractivity contribution is 8.00. The van der Waals surface area contributed by atoms with E-state index in [0.29, 0.717) is 19.3 Å². The molecule has 0 radical (unpaired) electrons. The lowest BCUT2D eigenvalue weighted by molar-refractivity contribution is -0.139. The first-order valence-electron chi connectivity index (χ1n) is 8.35. The van der Waals surface area contributed by atoms with Crippen LogP contribution in [0.5, 0.6) is 0 Å². The van der Waals surface area contributed by atoms with Crippen LogP contribution in [0.1, 0.15) is 18.4 Å². The Morgan fingerprint density at radius 3 is 3.04 bits per heavy atom. The number of halogens is 1. The van der Waals surface area contributed by atoms with Gasteiger partial charge in [0.05, 0.1) is 6.07 Å². The molecule has 9 heteroatoms. The summed E-state index contributed by atoms with van der Waals surface area (Å²) in [5.74, 6) is -0.585. The van der Waals surface area contributed by atoms with E-state index >= 15 is 0 Å². The van der Waals surface area contributed by atoms with Crippen LogP contribution in [0.4, 0.5) is 4.39 Å². The molecule has 2 aliphatic rings. The molecule has 0 bridgehead atoms. The van der Waals surface area contributed by atoms with Gasteiger partial charge in [-0.05, 0) is 30.5 Å². The normalized spacial score (nSPS) is 28.7. The highest BCUT2D eigenvalue weighted by Crippen LogP contribution is 2.29. The van der Waals surface area contributed by atoms with Crippen molar-refractivity contribution in [2.75, 3.05) is 7.05 Å². The van der Waals surface area contributed by atoms with Crippen molar-refractivity contribution in [3.8, 4) is 6.07 Å². The van der Waals surface area contributed by atoms with Crippen molar-refractivity contribution in [3.05, 3.63) is 35.6 Å². The number of thioether (sulfide) groups is 1. The van der Waals surface area contributed by atoms with Gasteiger partial charge in [0.15, 0.2) is 0 Å². The van der Waals surface area contributed by atoms with Crippen LogP contribution in [0, 0.1) is 17.1 Å². The summed E-state index contributed by atoms with van der Waals surface area (Å²) in [4.78, 5) is 23.9. The molecule has 0 aliphatic carbocycles. The van der Waals surface area contributed by atoms with Crippen molar-refractivity contribution in [1.82, 2.24) is 21.1 Å². The number of carbonyl (C=O) groups is 2. The summed E-state index contributed by atoms with van der Waals surface area (Å²) >= 11 is 1.44. The molecule has 0 saturated carbocycles. The zero-order valence-electron chi connectivity index (χ0n) is 14.2. The van der Waals surface area contributed by atoms with Gasteiger partial charge in [-0.3, -0.25) is 19.9 Å². The second kappa shape index (κ2) is 8.03. The molecule has 2 fully saturated rings. The Kier molecular flexibility index (Phi) is 5.76. The largest absolute Gasteiger partial charge is 0.330 e. The third-order valence-corrected chi connectivity index (χ3v) is 5.75. The highest BCUT2D eigenvalue weighted by atomic mass is 32.2. The maximum absolute atomic E-state index is 13.4. The summed E-state index contributed by atoms with van der Waals surface area (Å²) < 4.78 is 13.4. The maximum atomic E-state index is 13.4. The van der Waals surface area contributed by atoms with Gasteiger partial charge in [-0.25, -0.2) is 9.82 Å². The van der Waals surface area contributed by atoms with Crippen LogP contribution in [0.15, 0.2) is 24.3 Å². The Morgan fingerprint density at radius 2 is 2.35 bits per heavy atom. The number of benzene rings is 1. The molecule has 1 aromatic rings. The predicted molar refractivity (Wildman–Crippen MR) is 94.9 cm³/mol. The molecule has 0 aromatic heterocycles. The van der Waals surface area contributed by atoms with Crippen molar-refractivity contribution >= 4 is 23.6 Å². The van der Waals surface area contributed by atoms with Gasteiger partial charge >= 0.3 is 0 Å². The molecule has 2 saturated heterocycles. The molecule has 4 unspecified atom stereocenters. The van der Waals surface area contributed by atoms with Crippen molar-refractivity contribution in [3.63, 3.8) is 0 Å². The predicted octanol–water partition coefficient (Wildman–Crippen LogP) is 0.491. The van der Waals surface area contributed by atoms with Crippen molar-refractivity contribution in [2.45, 2.75) is 42.1 Å². The van der Waals surface area contributed by atoms with Gasteiger partial charge in [0.1, 0.15) is 23.4 Å². The molecule has 0 spiro atoms. The summed E-state index contributed by atoms with van der Waals surface area (Å²) in [6, 6.07) is 7.57. The van der Waals surface area contributed by atoms with Crippen LogP contribution >= 0.6 is 11.8 Å². The van der Waals surface area contributed by atoms with E-state index in [0.717, 1.165) is 5.56 Å². The van der Waals surface area contributed by atoms with Crippen molar-refractivity contribution in [2.24, 2.45) is 0 Å². The standard InChI is InChI=1S/C17H20FN5O2S/c1-23-15(24)6-5-12(22-23)16(25)21-17-20-13(9-19)14(26-17)8-10-3-2-4-11(18)7-10/h2-4,7,12-14,17,20,22H,5-6,8H2,1H3,(H,21,25). The minimum absolute atomic E-state index is 0.0536. The fourth-order valence-corrected chi connectivity index (χ4v) is 4.39. The summed E-state index contributed by atoms with van der Waals surface area (Å²) in [5, 5.41) is 16.5. The molecule has 2 amide bonds. The number of rotatable bonds is 4. The summed E-state index contributed by atoms with van der Waals surface area (Å²) in [5.41, 5.74) is 3.25. The lowest BCUT2D eigenvalue weighted by Gasteiger charge is -2.30. The molecule has 3 rings (SSSR count). The Morgan fingerprint density at radius 1 is 1.54 bits per heavy atom. The van der Waals surface area contributed by atoms with Crippen LogP contribution in [0.25, 0.3) is 0 Å². The summed E-state index contributed by atoms with van der Waals surface area (Å²) in [6.45, 7) is 0. The molecular weight excluding hydrogens is 357 g/mol. The Hall–Kier alpha value is -2.15. The van der Waals surface area contributed by atoms with Crippen LogP contribution in [0.3, 0.4) is 0 Å². The summed E-state index contributed by atoms with van der Waals surface area (Å²) in [7, 11) is 1.59. The van der Waals surface area contributed by atoms with E-state index in [-0.39, 0.29) is 22.9 Å². The van der Waals surface area contributed by atoms with E-state index in [9.17, 15) is 19.2 Å². The first-order chi connectivity index (χ1) is 12.5. The van der Waals surface area contributed by atoms with E-state index in [1.165, 1.54) is 28.9 Å². The lowest BCUT2D eigenvalue weighted by atomic mass is 10.1. The van der Waals surface area contributed by atoms with E-state index in [2.05, 4.69) is 22.1 Å². The van der Waals surface area contributed by atoms with Gasteiger partial charge in [-0.1, -0.05) is 12.1 Å². The van der Waals surface area contributed by atoms with Gasteiger partial charge in [0.25, 0.3) is 0 Å². The second-order valence-corrected chi connectivity index (χ2v) is 7.69. The Labute approximate surface area is 155 Å². The smallest absolute Gasteiger partial charge is 0.240 e. The third kappa shape index (κ3) is 4.33. The third-order valence-electron chi connectivity index (χ3n) is 4.44. The van der Waals surface area contributed by atoms with Gasteiger partial charge in [0.2, 0.25) is 11.8 Å². The number of hydrogen-bond donors (Lipinski definition) is 3. The average molecular weight is 377 g/mol. The second-order valence-electron chi connectivity index (χ2n) is 6.34. The van der Waals surface area contributed by atoms with Crippen LogP contribution in [-0.2, 0) is 16.0 Å². The lowest BCUT2D eigenvalue weighted by Crippen LogP contribution is -2.58. The number of hydrazine groups is 1. The SMILES string of the molecule is CN1NC(C(=O)NC2NC(C#N)C(Cc3cccc(F)c3)S2)CCC1=O. The Bertz CT molecular complexity index is 740.